The first-order valence-corrected chi connectivity index (χ1v) is 6.17. The van der Waals surface area contributed by atoms with Crippen LogP contribution in [0.3, 0.4) is 0 Å². The largest absolute Gasteiger partial charge is 0.497 e. The maximum absolute atomic E-state index is 12.7. The van der Waals surface area contributed by atoms with Gasteiger partial charge in [0.2, 0.25) is 0 Å². The lowest BCUT2D eigenvalue weighted by molar-refractivity contribution is -0.137. The number of methoxy groups -OCH3 is 1. The summed E-state index contributed by atoms with van der Waals surface area (Å²) in [6.07, 6.45) is -4.47. The van der Waals surface area contributed by atoms with Crippen LogP contribution in [0, 0.1) is 0 Å². The summed E-state index contributed by atoms with van der Waals surface area (Å²) in [5, 5.41) is 11.9. The third-order valence-electron chi connectivity index (χ3n) is 2.93. The molecule has 0 saturated heterocycles. The molecule has 0 atom stereocenters. The Hall–Kier alpha value is -2.70. The highest BCUT2D eigenvalue weighted by Gasteiger charge is 2.30. The van der Waals surface area contributed by atoms with Crippen molar-refractivity contribution in [3.05, 3.63) is 53.6 Å². The van der Waals surface area contributed by atoms with Crippen LogP contribution < -0.4 is 10.1 Å². The van der Waals surface area contributed by atoms with E-state index in [4.69, 9.17) is 4.74 Å². The van der Waals surface area contributed by atoms with Gasteiger partial charge in [0.25, 0.3) is 0 Å². The van der Waals surface area contributed by atoms with E-state index in [0.29, 0.717) is 5.75 Å². The number of anilines is 2. The van der Waals surface area contributed by atoms with Crippen molar-refractivity contribution in [3.63, 3.8) is 0 Å². The van der Waals surface area contributed by atoms with Crippen LogP contribution >= 0.6 is 0 Å². The van der Waals surface area contributed by atoms with Crippen LogP contribution in [0.1, 0.15) is 15.9 Å². The molecule has 0 heterocycles. The monoisotopic (exact) mass is 311 g/mol. The highest BCUT2D eigenvalue weighted by molar-refractivity contribution is 5.95. The highest BCUT2D eigenvalue weighted by Crippen LogP contribution is 2.32. The van der Waals surface area contributed by atoms with E-state index >= 15 is 0 Å². The number of carboxylic acids is 1. The summed E-state index contributed by atoms with van der Waals surface area (Å²) in [4.78, 5) is 11.2. The first-order valence-electron chi connectivity index (χ1n) is 6.17. The maximum atomic E-state index is 12.7. The minimum atomic E-state index is -4.47. The second-order valence-corrected chi connectivity index (χ2v) is 4.42. The van der Waals surface area contributed by atoms with Gasteiger partial charge in [0.1, 0.15) is 5.75 Å². The molecule has 7 heteroatoms. The minimum Gasteiger partial charge on any atom is -0.497 e. The number of hydrogen-bond donors (Lipinski definition) is 2. The fourth-order valence-corrected chi connectivity index (χ4v) is 1.87. The molecule has 4 nitrogen and oxygen atoms in total. The number of alkyl halides is 3. The molecule has 0 aromatic heterocycles. The second-order valence-electron chi connectivity index (χ2n) is 4.42. The summed E-state index contributed by atoms with van der Waals surface area (Å²) in [6, 6.07) is 8.76. The zero-order valence-corrected chi connectivity index (χ0v) is 11.4. The van der Waals surface area contributed by atoms with Crippen molar-refractivity contribution in [2.24, 2.45) is 0 Å². The van der Waals surface area contributed by atoms with Crippen molar-refractivity contribution < 1.29 is 27.8 Å². The van der Waals surface area contributed by atoms with Crippen molar-refractivity contribution >= 4 is 17.3 Å². The molecule has 0 saturated carbocycles. The maximum Gasteiger partial charge on any atom is 0.416 e. The fraction of sp³-hybridized carbons (Fsp3) is 0.133. The van der Waals surface area contributed by atoms with Gasteiger partial charge in [-0.2, -0.15) is 13.2 Å². The van der Waals surface area contributed by atoms with Crippen LogP contribution in [0.4, 0.5) is 24.5 Å². The molecule has 2 aromatic rings. The summed E-state index contributed by atoms with van der Waals surface area (Å²) in [7, 11) is 1.39. The van der Waals surface area contributed by atoms with E-state index in [0.717, 1.165) is 12.1 Å². The number of carboxylic acid groups (broad SMARTS) is 1. The van der Waals surface area contributed by atoms with Gasteiger partial charge in [-0.05, 0) is 36.4 Å². The average molecular weight is 311 g/mol. The van der Waals surface area contributed by atoms with E-state index in [2.05, 4.69) is 5.32 Å². The molecule has 2 N–H and O–H groups in total. The predicted molar refractivity (Wildman–Crippen MR) is 74.7 cm³/mol. The number of hydrogen-bond acceptors (Lipinski definition) is 3. The Morgan fingerprint density at radius 3 is 2.50 bits per heavy atom. The first kappa shape index (κ1) is 15.7. The molecule has 0 aliphatic carbocycles. The van der Waals surface area contributed by atoms with E-state index in [9.17, 15) is 23.1 Å². The van der Waals surface area contributed by atoms with Crippen molar-refractivity contribution in [2.75, 3.05) is 12.4 Å². The zero-order chi connectivity index (χ0) is 16.3. The van der Waals surface area contributed by atoms with Crippen molar-refractivity contribution in [1.82, 2.24) is 0 Å². The van der Waals surface area contributed by atoms with Gasteiger partial charge in [-0.15, -0.1) is 0 Å². The number of benzene rings is 2. The molecule has 116 valence electrons. The smallest absolute Gasteiger partial charge is 0.416 e. The van der Waals surface area contributed by atoms with Gasteiger partial charge in [0.05, 0.1) is 23.9 Å². The zero-order valence-electron chi connectivity index (χ0n) is 11.4. The highest BCUT2D eigenvalue weighted by atomic mass is 19.4. The van der Waals surface area contributed by atoms with Crippen LogP contribution in [0.5, 0.6) is 5.75 Å². The lowest BCUT2D eigenvalue weighted by atomic mass is 10.1. The molecule has 0 aliphatic heterocycles. The molecule has 0 aliphatic rings. The summed E-state index contributed by atoms with van der Waals surface area (Å²) in [5.74, 6) is -0.875. The molecule has 0 radical (unpaired) electrons. The topological polar surface area (TPSA) is 58.6 Å². The molecule has 22 heavy (non-hydrogen) atoms. The van der Waals surface area contributed by atoms with E-state index < -0.39 is 17.7 Å². The number of carbonyl (C=O) groups is 1. The average Bonchev–Trinajstić information content (AvgIpc) is 2.47. The molecule has 0 amide bonds. The quantitative estimate of drug-likeness (QED) is 0.890. The predicted octanol–water partition coefficient (Wildman–Crippen LogP) is 4.16. The van der Waals surface area contributed by atoms with Crippen molar-refractivity contribution in [3.8, 4) is 5.75 Å². The van der Waals surface area contributed by atoms with E-state index in [-0.39, 0.29) is 16.9 Å². The Morgan fingerprint density at radius 2 is 1.91 bits per heavy atom. The van der Waals surface area contributed by atoms with Crippen LogP contribution in [-0.4, -0.2) is 18.2 Å². The fourth-order valence-electron chi connectivity index (χ4n) is 1.87. The number of ether oxygens (including phenoxy) is 1. The molecule has 0 fully saturated rings. The van der Waals surface area contributed by atoms with Gasteiger partial charge in [-0.3, -0.25) is 0 Å². The second kappa shape index (κ2) is 5.97. The van der Waals surface area contributed by atoms with E-state index in [1.807, 2.05) is 0 Å². The van der Waals surface area contributed by atoms with Gasteiger partial charge in [0.15, 0.2) is 0 Å². The molecule has 0 unspecified atom stereocenters. The normalized spacial score (nSPS) is 11.1. The molecule has 2 aromatic carbocycles. The standard InChI is InChI=1S/C15H12F3NO3/c1-22-11-5-6-13(12(8-11)14(20)21)19-10-4-2-3-9(7-10)15(16,17)18/h2-8,19H,1H3,(H,20,21). The number of aromatic carboxylic acids is 1. The van der Waals surface area contributed by atoms with Gasteiger partial charge in [-0.25, -0.2) is 4.79 Å². The van der Waals surface area contributed by atoms with Gasteiger partial charge in [0, 0.05) is 5.69 Å². The summed E-state index contributed by atoms with van der Waals surface area (Å²) in [6.45, 7) is 0. The Balaban J connectivity index is 2.37. The minimum absolute atomic E-state index is 0.100. The lowest BCUT2D eigenvalue weighted by Crippen LogP contribution is -2.06. The lowest BCUT2D eigenvalue weighted by Gasteiger charge is -2.13. The van der Waals surface area contributed by atoms with Crippen LogP contribution in [0.15, 0.2) is 42.5 Å². The molecule has 0 bridgehead atoms. The summed E-state index contributed by atoms with van der Waals surface area (Å²) in [5.41, 5.74) is -0.602. The molecular weight excluding hydrogens is 299 g/mol. The SMILES string of the molecule is COc1ccc(Nc2cccc(C(F)(F)F)c2)c(C(=O)O)c1. The van der Waals surface area contributed by atoms with Crippen molar-refractivity contribution in [2.45, 2.75) is 6.18 Å². The number of rotatable bonds is 4. The van der Waals surface area contributed by atoms with Crippen LogP contribution in [0.25, 0.3) is 0 Å². The van der Waals surface area contributed by atoms with Crippen molar-refractivity contribution in [1.29, 1.82) is 0 Å². The number of nitrogens with one attached hydrogen (secondary N) is 1. The third-order valence-corrected chi connectivity index (χ3v) is 2.93. The van der Waals surface area contributed by atoms with E-state index in [1.54, 1.807) is 0 Å². The third kappa shape index (κ3) is 3.49. The van der Waals surface area contributed by atoms with Gasteiger partial charge >= 0.3 is 12.1 Å². The summed E-state index contributed by atoms with van der Waals surface area (Å²) >= 11 is 0. The van der Waals surface area contributed by atoms with Crippen LogP contribution in [-0.2, 0) is 6.18 Å². The molecule has 2 rings (SSSR count). The first-order chi connectivity index (χ1) is 10.3. The Labute approximate surface area is 124 Å². The van der Waals surface area contributed by atoms with Gasteiger partial charge < -0.3 is 15.2 Å². The summed E-state index contributed by atoms with van der Waals surface area (Å²) < 4.78 is 43.0. The Morgan fingerprint density at radius 1 is 1.18 bits per heavy atom. The molecule has 0 spiro atoms. The van der Waals surface area contributed by atoms with Gasteiger partial charge in [-0.1, -0.05) is 6.07 Å². The van der Waals surface area contributed by atoms with E-state index in [1.165, 1.54) is 37.4 Å². The Bertz CT molecular complexity index is 699. The Kier molecular flexibility index (Phi) is 4.25. The number of halogens is 3. The van der Waals surface area contributed by atoms with Crippen LogP contribution in [0.2, 0.25) is 0 Å². The molecular formula is C15H12F3NO3.